The van der Waals surface area contributed by atoms with E-state index in [-0.39, 0.29) is 0 Å². The Morgan fingerprint density at radius 3 is 2.75 bits per heavy atom. The van der Waals surface area contributed by atoms with E-state index in [1.807, 2.05) is 0 Å². The normalized spacial score (nSPS) is 27.0. The molecule has 2 bridgehead atoms. The number of fused-ring (bicyclic) bond motifs is 3. The maximum absolute atomic E-state index is 3.57. The van der Waals surface area contributed by atoms with E-state index >= 15 is 0 Å². The predicted octanol–water partition coefficient (Wildman–Crippen LogP) is 2.25. The number of likely N-dealkylation sites (tertiary alicyclic amines) is 1. The summed E-state index contributed by atoms with van der Waals surface area (Å²) in [5.41, 5.74) is 2.73. The molecule has 2 atom stereocenters. The molecule has 2 saturated heterocycles. The molecule has 0 spiro atoms. The van der Waals surface area contributed by atoms with Crippen LogP contribution in [0, 0.1) is 11.8 Å². The van der Waals surface area contributed by atoms with E-state index in [9.17, 15) is 0 Å². The first kappa shape index (κ1) is 12.4. The highest BCUT2D eigenvalue weighted by molar-refractivity contribution is 5.83. The second-order valence-corrected chi connectivity index (χ2v) is 6.50. The summed E-state index contributed by atoms with van der Waals surface area (Å²) in [5, 5.41) is 4.96. The maximum Gasteiger partial charge on any atom is 0.0456 e. The zero-order chi connectivity index (χ0) is 13.4. The molecule has 0 aliphatic carbocycles. The van der Waals surface area contributed by atoms with E-state index in [1.54, 1.807) is 0 Å². The lowest BCUT2D eigenvalue weighted by molar-refractivity contribution is 0.0985. The number of rotatable bonds is 3. The van der Waals surface area contributed by atoms with E-state index in [4.69, 9.17) is 0 Å². The number of nitrogens with one attached hydrogen (secondary N) is 2. The van der Waals surface area contributed by atoms with Crippen LogP contribution < -0.4 is 5.32 Å². The van der Waals surface area contributed by atoms with E-state index in [0.29, 0.717) is 0 Å². The Balaban J connectivity index is 1.43. The molecular weight excluding hydrogens is 246 g/mol. The minimum atomic E-state index is 0.880. The Morgan fingerprint density at radius 2 is 1.90 bits per heavy atom. The van der Waals surface area contributed by atoms with Crippen LogP contribution in [-0.4, -0.2) is 42.6 Å². The van der Waals surface area contributed by atoms with Crippen molar-refractivity contribution >= 4 is 10.9 Å². The molecule has 2 aliphatic rings. The Morgan fingerprint density at radius 1 is 1.10 bits per heavy atom. The van der Waals surface area contributed by atoms with Gasteiger partial charge in [0, 0.05) is 36.7 Å². The minimum Gasteiger partial charge on any atom is -0.361 e. The monoisotopic (exact) mass is 269 g/mol. The van der Waals surface area contributed by atoms with Crippen molar-refractivity contribution < 1.29 is 0 Å². The molecule has 3 nitrogen and oxygen atoms in total. The Labute approximate surface area is 120 Å². The summed E-state index contributed by atoms with van der Waals surface area (Å²) in [6.07, 6.45) is 4.80. The first-order chi connectivity index (χ1) is 9.88. The summed E-state index contributed by atoms with van der Waals surface area (Å²) in [6.45, 7) is 6.22. The van der Waals surface area contributed by atoms with Gasteiger partial charge in [-0.2, -0.15) is 0 Å². The second-order valence-electron chi connectivity index (χ2n) is 6.50. The van der Waals surface area contributed by atoms with E-state index in [2.05, 4.69) is 45.7 Å². The standard InChI is InChI=1S/C17H23N3/c1-2-4-17-16(3-1)15(10-19-17)5-6-20-11-13-7-14(12-20)9-18-8-13/h1-4,10,13-14,18-19H,5-9,11-12H2. The Bertz CT molecular complexity index is 577. The van der Waals surface area contributed by atoms with Gasteiger partial charge in [-0.15, -0.1) is 0 Å². The quantitative estimate of drug-likeness (QED) is 0.895. The third-order valence-corrected chi connectivity index (χ3v) is 4.94. The zero-order valence-corrected chi connectivity index (χ0v) is 11.9. The first-order valence-electron chi connectivity index (χ1n) is 7.86. The first-order valence-corrected chi connectivity index (χ1v) is 7.86. The van der Waals surface area contributed by atoms with Crippen molar-refractivity contribution in [3.8, 4) is 0 Å². The van der Waals surface area contributed by atoms with Gasteiger partial charge in [-0.1, -0.05) is 18.2 Å². The van der Waals surface area contributed by atoms with Gasteiger partial charge < -0.3 is 15.2 Å². The topological polar surface area (TPSA) is 31.1 Å². The summed E-state index contributed by atoms with van der Waals surface area (Å²) < 4.78 is 0. The van der Waals surface area contributed by atoms with Crippen LogP contribution in [0.15, 0.2) is 30.5 Å². The summed E-state index contributed by atoms with van der Waals surface area (Å²) in [4.78, 5) is 6.07. The molecular formula is C17H23N3. The number of aromatic nitrogens is 1. The van der Waals surface area contributed by atoms with Crippen molar-refractivity contribution in [2.24, 2.45) is 11.8 Å². The fourth-order valence-corrected chi connectivity index (χ4v) is 4.01. The fourth-order valence-electron chi connectivity index (χ4n) is 4.01. The molecule has 0 saturated carbocycles. The van der Waals surface area contributed by atoms with Crippen LogP contribution in [0.25, 0.3) is 10.9 Å². The minimum absolute atomic E-state index is 0.880. The molecule has 4 rings (SSSR count). The van der Waals surface area contributed by atoms with Crippen LogP contribution in [0.5, 0.6) is 0 Å². The van der Waals surface area contributed by atoms with Crippen molar-refractivity contribution in [1.82, 2.24) is 15.2 Å². The largest absolute Gasteiger partial charge is 0.361 e. The number of aromatic amines is 1. The third kappa shape index (κ3) is 2.36. The summed E-state index contributed by atoms with van der Waals surface area (Å²) in [6, 6.07) is 8.63. The fraction of sp³-hybridized carbons (Fsp3) is 0.529. The van der Waals surface area contributed by atoms with Crippen LogP contribution in [0.4, 0.5) is 0 Å². The molecule has 2 aromatic rings. The van der Waals surface area contributed by atoms with Gasteiger partial charge in [0.1, 0.15) is 0 Å². The molecule has 20 heavy (non-hydrogen) atoms. The average molecular weight is 269 g/mol. The summed E-state index contributed by atoms with van der Waals surface area (Å²) >= 11 is 0. The van der Waals surface area contributed by atoms with Gasteiger partial charge in [0.25, 0.3) is 0 Å². The number of hydrogen-bond acceptors (Lipinski definition) is 2. The molecule has 0 radical (unpaired) electrons. The lowest BCUT2D eigenvalue weighted by atomic mass is 9.86. The average Bonchev–Trinajstić information content (AvgIpc) is 2.88. The van der Waals surface area contributed by atoms with Gasteiger partial charge in [-0.05, 0) is 49.4 Å². The highest BCUT2D eigenvalue weighted by Gasteiger charge is 2.29. The lowest BCUT2D eigenvalue weighted by Gasteiger charge is -2.41. The Kier molecular flexibility index (Phi) is 3.25. The molecule has 3 heteroatoms. The smallest absolute Gasteiger partial charge is 0.0456 e. The zero-order valence-electron chi connectivity index (χ0n) is 11.9. The maximum atomic E-state index is 3.57. The molecule has 1 aromatic carbocycles. The van der Waals surface area contributed by atoms with Crippen LogP contribution in [0.3, 0.4) is 0 Å². The lowest BCUT2D eigenvalue weighted by Crippen LogP contribution is -2.51. The number of benzene rings is 1. The van der Waals surface area contributed by atoms with E-state index in [0.717, 1.165) is 18.3 Å². The van der Waals surface area contributed by atoms with E-state index in [1.165, 1.54) is 55.6 Å². The van der Waals surface area contributed by atoms with Gasteiger partial charge in [0.2, 0.25) is 0 Å². The van der Waals surface area contributed by atoms with Crippen molar-refractivity contribution in [3.05, 3.63) is 36.0 Å². The van der Waals surface area contributed by atoms with Gasteiger partial charge in [0.15, 0.2) is 0 Å². The van der Waals surface area contributed by atoms with Crippen LogP contribution in [0.1, 0.15) is 12.0 Å². The van der Waals surface area contributed by atoms with E-state index < -0.39 is 0 Å². The van der Waals surface area contributed by atoms with Gasteiger partial charge in [0.05, 0.1) is 0 Å². The second kappa shape index (κ2) is 5.23. The highest BCUT2D eigenvalue weighted by atomic mass is 15.2. The molecule has 2 aliphatic heterocycles. The number of nitrogens with zero attached hydrogens (tertiary/aromatic N) is 1. The third-order valence-electron chi connectivity index (χ3n) is 4.94. The summed E-state index contributed by atoms with van der Waals surface area (Å²) in [7, 11) is 0. The van der Waals surface area contributed by atoms with Gasteiger partial charge >= 0.3 is 0 Å². The number of piperidine rings is 2. The van der Waals surface area contributed by atoms with Crippen molar-refractivity contribution in [2.75, 3.05) is 32.7 Å². The van der Waals surface area contributed by atoms with Gasteiger partial charge in [-0.3, -0.25) is 0 Å². The highest BCUT2D eigenvalue weighted by Crippen LogP contribution is 2.25. The molecule has 1 aromatic heterocycles. The SMILES string of the molecule is c1ccc2c(CCN3CC4CNCC(C4)C3)c[nH]c2c1. The molecule has 3 heterocycles. The Hall–Kier alpha value is -1.32. The molecule has 0 amide bonds. The summed E-state index contributed by atoms with van der Waals surface area (Å²) in [5.74, 6) is 1.76. The van der Waals surface area contributed by atoms with Crippen molar-refractivity contribution in [2.45, 2.75) is 12.8 Å². The van der Waals surface area contributed by atoms with Crippen molar-refractivity contribution in [3.63, 3.8) is 0 Å². The number of hydrogen-bond donors (Lipinski definition) is 2. The molecule has 2 fully saturated rings. The molecule has 106 valence electrons. The van der Waals surface area contributed by atoms with Crippen LogP contribution in [0.2, 0.25) is 0 Å². The predicted molar refractivity (Wildman–Crippen MR) is 82.9 cm³/mol. The molecule has 2 N–H and O–H groups in total. The molecule has 2 unspecified atom stereocenters. The number of para-hydroxylation sites is 1. The number of H-pyrrole nitrogens is 1. The van der Waals surface area contributed by atoms with Crippen LogP contribution >= 0.6 is 0 Å². The van der Waals surface area contributed by atoms with Gasteiger partial charge in [-0.25, -0.2) is 0 Å². The van der Waals surface area contributed by atoms with Crippen LogP contribution in [-0.2, 0) is 6.42 Å². The van der Waals surface area contributed by atoms with Crippen molar-refractivity contribution in [1.29, 1.82) is 0 Å².